The summed E-state index contributed by atoms with van der Waals surface area (Å²) in [6.07, 6.45) is 3.16. The van der Waals surface area contributed by atoms with E-state index in [1.165, 1.54) is 30.0 Å². The number of amides is 1. The smallest absolute Gasteiger partial charge is 0.269 e. The van der Waals surface area contributed by atoms with Crippen LogP contribution in [0, 0.1) is 10.1 Å². The van der Waals surface area contributed by atoms with Crippen molar-refractivity contribution in [1.82, 2.24) is 0 Å². The predicted octanol–water partition coefficient (Wildman–Crippen LogP) is 5.81. The van der Waals surface area contributed by atoms with Crippen LogP contribution in [0.2, 0.25) is 0 Å². The molecule has 7 nitrogen and oxygen atoms in total. The lowest BCUT2D eigenvalue weighted by Gasteiger charge is -2.09. The Labute approximate surface area is 190 Å². The number of nitrogens with one attached hydrogen (secondary N) is 1. The molecule has 0 heterocycles. The third-order valence-corrected chi connectivity index (χ3v) is 5.34. The average Bonchev–Trinajstić information content (AvgIpc) is 2.80. The van der Waals surface area contributed by atoms with Gasteiger partial charge in [0.2, 0.25) is 5.91 Å². The molecular formula is C24H22N2O5S. The van der Waals surface area contributed by atoms with Crippen molar-refractivity contribution in [2.24, 2.45) is 0 Å². The van der Waals surface area contributed by atoms with E-state index in [1.807, 2.05) is 31.2 Å². The lowest BCUT2D eigenvalue weighted by Crippen LogP contribution is -2.07. The van der Waals surface area contributed by atoms with Crippen LogP contribution in [0.4, 0.5) is 11.4 Å². The Kier molecular flexibility index (Phi) is 7.88. The maximum atomic E-state index is 12.3. The number of carbonyl (C=O) groups excluding carboxylic acids is 1. The van der Waals surface area contributed by atoms with Gasteiger partial charge in [-0.3, -0.25) is 14.9 Å². The van der Waals surface area contributed by atoms with Crippen molar-refractivity contribution in [3.63, 3.8) is 0 Å². The number of non-ortho nitro benzene ring substituents is 1. The number of ether oxygens (including phenoxy) is 2. The number of nitro groups is 1. The molecule has 3 aromatic carbocycles. The first-order chi connectivity index (χ1) is 15.5. The lowest BCUT2D eigenvalue weighted by molar-refractivity contribution is -0.384. The van der Waals surface area contributed by atoms with Crippen LogP contribution >= 0.6 is 11.8 Å². The molecule has 0 atom stereocenters. The van der Waals surface area contributed by atoms with Gasteiger partial charge in [0.15, 0.2) is 11.5 Å². The van der Waals surface area contributed by atoms with Crippen molar-refractivity contribution in [3.05, 3.63) is 88.5 Å². The van der Waals surface area contributed by atoms with Gasteiger partial charge >= 0.3 is 0 Å². The van der Waals surface area contributed by atoms with Crippen molar-refractivity contribution in [2.75, 3.05) is 19.0 Å². The van der Waals surface area contributed by atoms with Crippen LogP contribution in [0.15, 0.2) is 82.6 Å². The van der Waals surface area contributed by atoms with Crippen LogP contribution in [0.1, 0.15) is 12.5 Å². The molecule has 32 heavy (non-hydrogen) atoms. The number of methoxy groups -OCH3 is 1. The van der Waals surface area contributed by atoms with Crippen LogP contribution in [0.5, 0.6) is 11.5 Å². The van der Waals surface area contributed by atoms with Crippen molar-refractivity contribution in [1.29, 1.82) is 0 Å². The highest BCUT2D eigenvalue weighted by Gasteiger charge is 2.06. The molecule has 164 valence electrons. The third kappa shape index (κ3) is 6.36. The molecule has 0 aliphatic carbocycles. The third-order valence-electron chi connectivity index (χ3n) is 4.32. The van der Waals surface area contributed by atoms with E-state index in [0.717, 1.165) is 15.4 Å². The molecule has 0 aliphatic rings. The minimum Gasteiger partial charge on any atom is -0.493 e. The first kappa shape index (κ1) is 22.9. The molecule has 1 N–H and O–H groups in total. The van der Waals surface area contributed by atoms with Gasteiger partial charge in [0.1, 0.15) is 0 Å². The Morgan fingerprint density at radius 1 is 1.03 bits per heavy atom. The molecule has 0 fully saturated rings. The van der Waals surface area contributed by atoms with Crippen molar-refractivity contribution in [3.8, 4) is 11.5 Å². The number of hydrogen-bond donors (Lipinski definition) is 1. The summed E-state index contributed by atoms with van der Waals surface area (Å²) in [5.41, 5.74) is 1.54. The zero-order valence-corrected chi connectivity index (χ0v) is 18.4. The largest absolute Gasteiger partial charge is 0.493 e. The van der Waals surface area contributed by atoms with Crippen LogP contribution in [-0.2, 0) is 4.79 Å². The van der Waals surface area contributed by atoms with E-state index in [4.69, 9.17) is 9.47 Å². The predicted molar refractivity (Wildman–Crippen MR) is 125 cm³/mol. The van der Waals surface area contributed by atoms with Gasteiger partial charge in [-0.05, 0) is 67.1 Å². The maximum absolute atomic E-state index is 12.3. The van der Waals surface area contributed by atoms with Crippen molar-refractivity contribution < 1.29 is 19.2 Å². The van der Waals surface area contributed by atoms with E-state index in [-0.39, 0.29) is 11.6 Å². The molecule has 0 spiro atoms. The minimum absolute atomic E-state index is 0.0595. The standard InChI is InChI=1S/C24H22N2O5S/c1-3-31-23-16-17(4-14-22(23)30-2)5-15-24(27)25-18-6-10-20(11-7-18)32-21-12-8-19(9-13-21)26(28)29/h4-16H,3H2,1-2H3,(H,25,27)/b15-5+. The molecule has 0 aliphatic heterocycles. The Morgan fingerprint density at radius 2 is 1.69 bits per heavy atom. The normalized spacial score (nSPS) is 10.7. The number of nitrogens with zero attached hydrogens (tertiary/aromatic N) is 1. The highest BCUT2D eigenvalue weighted by Crippen LogP contribution is 2.30. The number of anilines is 1. The number of carbonyl (C=O) groups is 1. The maximum Gasteiger partial charge on any atom is 0.269 e. The molecule has 1 amide bonds. The molecule has 0 aromatic heterocycles. The lowest BCUT2D eigenvalue weighted by atomic mass is 10.2. The topological polar surface area (TPSA) is 90.7 Å². The Balaban J connectivity index is 1.58. The summed E-state index contributed by atoms with van der Waals surface area (Å²) < 4.78 is 10.8. The van der Waals surface area contributed by atoms with E-state index in [9.17, 15) is 14.9 Å². The minimum atomic E-state index is -0.424. The van der Waals surface area contributed by atoms with Crippen LogP contribution in [0.3, 0.4) is 0 Å². The molecule has 0 unspecified atom stereocenters. The van der Waals surface area contributed by atoms with Crippen LogP contribution in [0.25, 0.3) is 6.08 Å². The number of nitro benzene ring substituents is 1. The molecule has 3 aromatic rings. The number of hydrogen-bond acceptors (Lipinski definition) is 6. The Bertz CT molecular complexity index is 1110. The second-order valence-corrected chi connectivity index (χ2v) is 7.69. The molecule has 0 bridgehead atoms. The number of rotatable bonds is 9. The first-order valence-corrected chi connectivity index (χ1v) is 10.6. The molecular weight excluding hydrogens is 428 g/mol. The number of benzene rings is 3. The van der Waals surface area contributed by atoms with Gasteiger partial charge in [0, 0.05) is 33.7 Å². The second-order valence-electron chi connectivity index (χ2n) is 6.54. The first-order valence-electron chi connectivity index (χ1n) is 9.80. The fraction of sp³-hybridized carbons (Fsp3) is 0.125. The van der Waals surface area contributed by atoms with Crippen LogP contribution in [-0.4, -0.2) is 24.5 Å². The van der Waals surface area contributed by atoms with E-state index >= 15 is 0 Å². The summed E-state index contributed by atoms with van der Waals surface area (Å²) in [7, 11) is 1.58. The molecule has 0 saturated heterocycles. The van der Waals surface area contributed by atoms with Gasteiger partial charge in [-0.1, -0.05) is 17.8 Å². The van der Waals surface area contributed by atoms with Crippen molar-refractivity contribution in [2.45, 2.75) is 16.7 Å². The zero-order chi connectivity index (χ0) is 22.9. The summed E-state index contributed by atoms with van der Waals surface area (Å²) in [6, 6.07) is 19.2. The summed E-state index contributed by atoms with van der Waals surface area (Å²) in [4.78, 5) is 24.4. The molecule has 3 rings (SSSR count). The highest BCUT2D eigenvalue weighted by atomic mass is 32.2. The molecule has 0 saturated carbocycles. The fourth-order valence-corrected chi connectivity index (χ4v) is 3.62. The Hall–Kier alpha value is -3.78. The summed E-state index contributed by atoms with van der Waals surface area (Å²) in [6.45, 7) is 2.41. The van der Waals surface area contributed by atoms with Gasteiger partial charge in [-0.15, -0.1) is 0 Å². The van der Waals surface area contributed by atoms with Gasteiger partial charge in [-0.2, -0.15) is 0 Å². The van der Waals surface area contributed by atoms with Gasteiger partial charge < -0.3 is 14.8 Å². The highest BCUT2D eigenvalue weighted by molar-refractivity contribution is 7.99. The summed E-state index contributed by atoms with van der Waals surface area (Å²) in [5, 5.41) is 13.6. The van der Waals surface area contributed by atoms with Crippen molar-refractivity contribution >= 4 is 35.1 Å². The van der Waals surface area contributed by atoms with Gasteiger partial charge in [0.25, 0.3) is 5.69 Å². The van der Waals surface area contributed by atoms with E-state index < -0.39 is 4.92 Å². The van der Waals surface area contributed by atoms with Crippen LogP contribution < -0.4 is 14.8 Å². The SMILES string of the molecule is CCOc1cc(/C=C/C(=O)Nc2ccc(Sc3ccc([N+](=O)[O-])cc3)cc2)ccc1OC. The van der Waals surface area contributed by atoms with E-state index in [2.05, 4.69) is 5.32 Å². The second kappa shape index (κ2) is 11.0. The summed E-state index contributed by atoms with van der Waals surface area (Å²) in [5.74, 6) is 1.01. The quantitative estimate of drug-likeness (QED) is 0.251. The fourth-order valence-electron chi connectivity index (χ4n) is 2.80. The van der Waals surface area contributed by atoms with E-state index in [0.29, 0.717) is 23.8 Å². The van der Waals surface area contributed by atoms with Gasteiger partial charge in [-0.25, -0.2) is 0 Å². The van der Waals surface area contributed by atoms with E-state index in [1.54, 1.807) is 43.5 Å². The monoisotopic (exact) mass is 450 g/mol. The zero-order valence-electron chi connectivity index (χ0n) is 17.6. The van der Waals surface area contributed by atoms with Gasteiger partial charge in [0.05, 0.1) is 18.6 Å². The molecule has 8 heteroatoms. The average molecular weight is 451 g/mol. The summed E-state index contributed by atoms with van der Waals surface area (Å²) >= 11 is 1.48. The molecule has 0 radical (unpaired) electrons. The Morgan fingerprint density at radius 3 is 2.28 bits per heavy atom.